The minimum absolute atomic E-state index is 0.423. The van der Waals surface area contributed by atoms with Crippen LogP contribution in [0.3, 0.4) is 0 Å². The molecule has 0 aliphatic heterocycles. The standard InChI is InChI=1S/C14H15NO/c1-10(2)15-14-6-5-12-7-11(9-16)3-4-13(12)8-14/h3-10,15H,1-2H3. The number of fused-ring (bicyclic) bond motifs is 1. The lowest BCUT2D eigenvalue weighted by atomic mass is 10.1. The average Bonchev–Trinajstić information content (AvgIpc) is 2.27. The smallest absolute Gasteiger partial charge is 0.150 e. The van der Waals surface area contributed by atoms with E-state index in [4.69, 9.17) is 0 Å². The second-order valence-corrected chi connectivity index (χ2v) is 4.24. The molecule has 0 amide bonds. The molecular formula is C14H15NO. The van der Waals surface area contributed by atoms with E-state index in [1.54, 1.807) is 0 Å². The first-order valence-electron chi connectivity index (χ1n) is 5.44. The van der Waals surface area contributed by atoms with Crippen molar-refractivity contribution in [2.24, 2.45) is 0 Å². The Hall–Kier alpha value is -1.83. The van der Waals surface area contributed by atoms with Crippen molar-refractivity contribution in [2.45, 2.75) is 19.9 Å². The molecule has 0 radical (unpaired) electrons. The van der Waals surface area contributed by atoms with Crippen LogP contribution in [0.1, 0.15) is 24.2 Å². The minimum atomic E-state index is 0.423. The van der Waals surface area contributed by atoms with E-state index in [0.717, 1.165) is 28.3 Å². The third-order valence-electron chi connectivity index (χ3n) is 2.46. The van der Waals surface area contributed by atoms with Crippen LogP contribution in [0.5, 0.6) is 0 Å². The van der Waals surface area contributed by atoms with Gasteiger partial charge in [0.25, 0.3) is 0 Å². The summed E-state index contributed by atoms with van der Waals surface area (Å²) in [4.78, 5) is 10.7. The van der Waals surface area contributed by atoms with Gasteiger partial charge in [0.2, 0.25) is 0 Å². The summed E-state index contributed by atoms with van der Waals surface area (Å²) in [5.41, 5.74) is 1.83. The van der Waals surface area contributed by atoms with Crippen LogP contribution in [-0.4, -0.2) is 12.3 Å². The number of aldehydes is 1. The molecule has 82 valence electrons. The Morgan fingerprint density at radius 3 is 2.44 bits per heavy atom. The summed E-state index contributed by atoms with van der Waals surface area (Å²) in [6.07, 6.45) is 0.875. The van der Waals surface area contributed by atoms with Crippen LogP contribution in [0.15, 0.2) is 36.4 Å². The topological polar surface area (TPSA) is 29.1 Å². The van der Waals surface area contributed by atoms with Crippen molar-refractivity contribution in [1.29, 1.82) is 0 Å². The molecule has 16 heavy (non-hydrogen) atoms. The van der Waals surface area contributed by atoms with Gasteiger partial charge in [0.05, 0.1) is 0 Å². The fraction of sp³-hybridized carbons (Fsp3) is 0.214. The molecule has 0 spiro atoms. The zero-order valence-electron chi connectivity index (χ0n) is 9.53. The summed E-state index contributed by atoms with van der Waals surface area (Å²) >= 11 is 0. The number of carbonyl (C=O) groups is 1. The Kier molecular flexibility index (Phi) is 2.91. The number of hydrogen-bond acceptors (Lipinski definition) is 2. The molecule has 2 aromatic rings. The molecule has 0 aliphatic rings. The van der Waals surface area contributed by atoms with Gasteiger partial charge >= 0.3 is 0 Å². The molecule has 0 bridgehead atoms. The van der Waals surface area contributed by atoms with E-state index < -0.39 is 0 Å². The maximum atomic E-state index is 10.7. The van der Waals surface area contributed by atoms with Crippen molar-refractivity contribution in [3.63, 3.8) is 0 Å². The predicted octanol–water partition coefficient (Wildman–Crippen LogP) is 3.47. The molecule has 0 heterocycles. The number of nitrogens with one attached hydrogen (secondary N) is 1. The van der Waals surface area contributed by atoms with Crippen LogP contribution in [-0.2, 0) is 0 Å². The van der Waals surface area contributed by atoms with E-state index in [1.807, 2.05) is 30.3 Å². The van der Waals surface area contributed by atoms with Gasteiger partial charge < -0.3 is 5.32 Å². The highest BCUT2D eigenvalue weighted by Gasteiger charge is 1.99. The monoisotopic (exact) mass is 213 g/mol. The molecule has 0 saturated heterocycles. The van der Waals surface area contributed by atoms with Crippen LogP contribution < -0.4 is 5.32 Å². The van der Waals surface area contributed by atoms with E-state index in [1.165, 1.54) is 0 Å². The molecule has 0 unspecified atom stereocenters. The molecule has 2 heteroatoms. The predicted molar refractivity (Wildman–Crippen MR) is 68.1 cm³/mol. The number of hydrogen-bond donors (Lipinski definition) is 1. The van der Waals surface area contributed by atoms with Crippen molar-refractivity contribution in [2.75, 3.05) is 5.32 Å². The van der Waals surface area contributed by atoms with Gasteiger partial charge in [-0.15, -0.1) is 0 Å². The Labute approximate surface area is 95.3 Å². The van der Waals surface area contributed by atoms with Gasteiger partial charge in [-0.25, -0.2) is 0 Å². The fourth-order valence-corrected chi connectivity index (χ4v) is 1.76. The molecule has 0 atom stereocenters. The third kappa shape index (κ3) is 2.22. The fourth-order valence-electron chi connectivity index (χ4n) is 1.76. The van der Waals surface area contributed by atoms with Gasteiger partial charge in [-0.3, -0.25) is 4.79 Å². The summed E-state index contributed by atoms with van der Waals surface area (Å²) in [6.45, 7) is 4.22. The van der Waals surface area contributed by atoms with E-state index in [-0.39, 0.29) is 0 Å². The van der Waals surface area contributed by atoms with Crippen LogP contribution in [0.2, 0.25) is 0 Å². The summed E-state index contributed by atoms with van der Waals surface area (Å²) in [7, 11) is 0. The van der Waals surface area contributed by atoms with Gasteiger partial charge in [-0.1, -0.05) is 18.2 Å². The SMILES string of the molecule is CC(C)Nc1ccc2cc(C=O)ccc2c1. The Bertz CT molecular complexity index is 517. The molecule has 0 aliphatic carbocycles. The lowest BCUT2D eigenvalue weighted by Gasteiger charge is -2.10. The van der Waals surface area contributed by atoms with Crippen molar-refractivity contribution in [3.05, 3.63) is 42.0 Å². The minimum Gasteiger partial charge on any atom is -0.383 e. The Balaban J connectivity index is 2.43. The molecule has 0 fully saturated rings. The number of anilines is 1. The first-order chi connectivity index (χ1) is 7.69. The van der Waals surface area contributed by atoms with Gasteiger partial charge in [0, 0.05) is 17.3 Å². The van der Waals surface area contributed by atoms with E-state index in [0.29, 0.717) is 6.04 Å². The molecule has 0 saturated carbocycles. The average molecular weight is 213 g/mol. The molecule has 1 N–H and O–H groups in total. The van der Waals surface area contributed by atoms with Crippen LogP contribution in [0.4, 0.5) is 5.69 Å². The maximum absolute atomic E-state index is 10.7. The van der Waals surface area contributed by atoms with Gasteiger partial charge in [-0.05, 0) is 42.8 Å². The zero-order valence-corrected chi connectivity index (χ0v) is 9.53. The highest BCUT2D eigenvalue weighted by molar-refractivity contribution is 5.90. The summed E-state index contributed by atoms with van der Waals surface area (Å²) in [5, 5.41) is 5.60. The third-order valence-corrected chi connectivity index (χ3v) is 2.46. The highest BCUT2D eigenvalue weighted by Crippen LogP contribution is 2.20. The van der Waals surface area contributed by atoms with Crippen molar-refractivity contribution in [1.82, 2.24) is 0 Å². The summed E-state index contributed by atoms with van der Waals surface area (Å²) in [5.74, 6) is 0. The number of carbonyl (C=O) groups excluding carboxylic acids is 1. The molecule has 2 aromatic carbocycles. The van der Waals surface area contributed by atoms with Crippen LogP contribution in [0, 0.1) is 0 Å². The largest absolute Gasteiger partial charge is 0.383 e. The van der Waals surface area contributed by atoms with Crippen LogP contribution >= 0.6 is 0 Å². The summed E-state index contributed by atoms with van der Waals surface area (Å²) in [6, 6.07) is 12.3. The Morgan fingerprint density at radius 1 is 1.06 bits per heavy atom. The van der Waals surface area contributed by atoms with Gasteiger partial charge in [0.1, 0.15) is 6.29 Å². The molecule has 0 aromatic heterocycles. The second kappa shape index (κ2) is 4.35. The molecule has 2 nitrogen and oxygen atoms in total. The number of rotatable bonds is 3. The first-order valence-corrected chi connectivity index (χ1v) is 5.44. The lowest BCUT2D eigenvalue weighted by molar-refractivity contribution is 0.112. The molecular weight excluding hydrogens is 198 g/mol. The zero-order chi connectivity index (χ0) is 11.5. The van der Waals surface area contributed by atoms with E-state index in [9.17, 15) is 4.79 Å². The maximum Gasteiger partial charge on any atom is 0.150 e. The lowest BCUT2D eigenvalue weighted by Crippen LogP contribution is -2.09. The highest BCUT2D eigenvalue weighted by atomic mass is 16.1. The summed E-state index contributed by atoms with van der Waals surface area (Å²) < 4.78 is 0. The van der Waals surface area contributed by atoms with Gasteiger partial charge in [0.15, 0.2) is 0 Å². The van der Waals surface area contributed by atoms with Crippen molar-refractivity contribution in [3.8, 4) is 0 Å². The normalized spacial score (nSPS) is 10.7. The van der Waals surface area contributed by atoms with Crippen LogP contribution in [0.25, 0.3) is 10.8 Å². The van der Waals surface area contributed by atoms with Crippen molar-refractivity contribution < 1.29 is 4.79 Å². The van der Waals surface area contributed by atoms with Gasteiger partial charge in [-0.2, -0.15) is 0 Å². The van der Waals surface area contributed by atoms with E-state index in [2.05, 4.69) is 25.2 Å². The molecule has 2 rings (SSSR count). The quantitative estimate of drug-likeness (QED) is 0.791. The van der Waals surface area contributed by atoms with E-state index >= 15 is 0 Å². The Morgan fingerprint density at radius 2 is 1.75 bits per heavy atom. The second-order valence-electron chi connectivity index (χ2n) is 4.24. The van der Waals surface area contributed by atoms with Crippen molar-refractivity contribution >= 4 is 22.7 Å². The first kappa shape index (κ1) is 10.7. The number of benzene rings is 2.